The van der Waals surface area contributed by atoms with Gasteiger partial charge in [-0.05, 0) is 76.0 Å². The van der Waals surface area contributed by atoms with Gasteiger partial charge < -0.3 is 5.32 Å². The maximum atomic E-state index is 12.9. The molecular formula is C17H29NO. The molecule has 0 aliphatic heterocycles. The van der Waals surface area contributed by atoms with Gasteiger partial charge in [-0.15, -0.1) is 0 Å². The molecule has 2 atom stereocenters. The molecule has 19 heavy (non-hydrogen) atoms. The topological polar surface area (TPSA) is 29.1 Å². The minimum Gasteiger partial charge on any atom is -0.351 e. The van der Waals surface area contributed by atoms with Crippen LogP contribution in [0.15, 0.2) is 0 Å². The van der Waals surface area contributed by atoms with Crippen LogP contribution in [-0.4, -0.2) is 11.4 Å². The smallest absolute Gasteiger partial charge is 0.226 e. The van der Waals surface area contributed by atoms with E-state index >= 15 is 0 Å². The molecule has 4 saturated carbocycles. The van der Waals surface area contributed by atoms with Crippen LogP contribution in [0, 0.1) is 22.2 Å². The Balaban J connectivity index is 1.90. The molecule has 4 bridgehead atoms. The summed E-state index contributed by atoms with van der Waals surface area (Å²) in [5, 5.41) is 3.27. The highest BCUT2D eigenvalue weighted by molar-refractivity contribution is 5.84. The highest BCUT2D eigenvalue weighted by Gasteiger charge is 2.62. The number of nitrogens with one attached hydrogen (secondary N) is 1. The maximum absolute atomic E-state index is 12.9. The molecule has 1 N–H and O–H groups in total. The summed E-state index contributed by atoms with van der Waals surface area (Å²) >= 11 is 0. The van der Waals surface area contributed by atoms with E-state index in [1.165, 1.54) is 19.3 Å². The monoisotopic (exact) mass is 263 g/mol. The molecule has 4 rings (SSSR count). The number of carbonyl (C=O) groups is 1. The molecule has 0 heterocycles. The van der Waals surface area contributed by atoms with E-state index in [9.17, 15) is 4.79 Å². The van der Waals surface area contributed by atoms with Gasteiger partial charge in [-0.2, -0.15) is 0 Å². The summed E-state index contributed by atoms with van der Waals surface area (Å²) in [6, 6.07) is 0. The van der Waals surface area contributed by atoms with E-state index in [-0.39, 0.29) is 11.0 Å². The van der Waals surface area contributed by atoms with E-state index in [2.05, 4.69) is 39.9 Å². The van der Waals surface area contributed by atoms with Gasteiger partial charge >= 0.3 is 0 Å². The van der Waals surface area contributed by atoms with E-state index in [0.29, 0.717) is 16.7 Å². The predicted molar refractivity (Wildman–Crippen MR) is 77.7 cm³/mol. The summed E-state index contributed by atoms with van der Waals surface area (Å²) in [6.07, 6.45) is 7.42. The Morgan fingerprint density at radius 3 is 1.95 bits per heavy atom. The number of hydrogen-bond acceptors (Lipinski definition) is 1. The van der Waals surface area contributed by atoms with Crippen LogP contribution >= 0.6 is 0 Å². The van der Waals surface area contributed by atoms with Crippen molar-refractivity contribution in [2.75, 3.05) is 0 Å². The minimum absolute atomic E-state index is 0.0593. The van der Waals surface area contributed by atoms with Gasteiger partial charge in [0, 0.05) is 5.54 Å². The standard InChI is InChI=1S/C17H29NO/c1-14(2,3)18-13(19)17-8-12-6-15(4,10-17)9-16(5,7-12)11-17/h12H,6-11H2,1-5H3,(H,18,19)/t12?,15-,16-,17?/m1/s1. The molecule has 0 aromatic heterocycles. The first-order valence-electron chi connectivity index (χ1n) is 7.86. The minimum atomic E-state index is -0.109. The van der Waals surface area contributed by atoms with Crippen molar-refractivity contribution in [1.82, 2.24) is 5.32 Å². The van der Waals surface area contributed by atoms with Crippen molar-refractivity contribution in [3.05, 3.63) is 0 Å². The number of rotatable bonds is 1. The third kappa shape index (κ3) is 2.21. The molecule has 4 fully saturated rings. The largest absolute Gasteiger partial charge is 0.351 e. The van der Waals surface area contributed by atoms with Crippen molar-refractivity contribution in [1.29, 1.82) is 0 Å². The second-order valence-electron chi connectivity index (χ2n) is 9.61. The van der Waals surface area contributed by atoms with Gasteiger partial charge in [0.2, 0.25) is 5.91 Å². The van der Waals surface area contributed by atoms with Crippen LogP contribution in [0.1, 0.15) is 73.1 Å². The molecule has 0 saturated heterocycles. The van der Waals surface area contributed by atoms with Gasteiger partial charge in [0.1, 0.15) is 0 Å². The lowest BCUT2D eigenvalue weighted by Gasteiger charge is -2.64. The lowest BCUT2D eigenvalue weighted by Crippen LogP contribution is -2.61. The third-order valence-corrected chi connectivity index (χ3v) is 5.60. The van der Waals surface area contributed by atoms with Crippen LogP contribution in [0.5, 0.6) is 0 Å². The molecule has 108 valence electrons. The Bertz CT molecular complexity index is 401. The lowest BCUT2D eigenvalue weighted by atomic mass is 9.40. The second-order valence-corrected chi connectivity index (χ2v) is 9.61. The van der Waals surface area contributed by atoms with Gasteiger partial charge in [-0.25, -0.2) is 0 Å². The molecule has 0 spiro atoms. The van der Waals surface area contributed by atoms with E-state index in [1.54, 1.807) is 0 Å². The van der Waals surface area contributed by atoms with Gasteiger partial charge in [-0.1, -0.05) is 13.8 Å². The van der Waals surface area contributed by atoms with Crippen molar-refractivity contribution in [2.24, 2.45) is 22.2 Å². The van der Waals surface area contributed by atoms with Crippen LogP contribution in [-0.2, 0) is 4.79 Å². The summed E-state index contributed by atoms with van der Waals surface area (Å²) in [6.45, 7) is 11.1. The van der Waals surface area contributed by atoms with Crippen LogP contribution in [0.4, 0.5) is 0 Å². The van der Waals surface area contributed by atoms with E-state index in [0.717, 1.165) is 25.2 Å². The molecule has 0 aromatic carbocycles. The van der Waals surface area contributed by atoms with Gasteiger partial charge in [0.15, 0.2) is 0 Å². The molecule has 1 amide bonds. The quantitative estimate of drug-likeness (QED) is 0.764. The Labute approximate surface area is 117 Å². The third-order valence-electron chi connectivity index (χ3n) is 5.60. The Morgan fingerprint density at radius 1 is 1.00 bits per heavy atom. The number of carbonyl (C=O) groups excluding carboxylic acids is 1. The first-order valence-corrected chi connectivity index (χ1v) is 7.86. The maximum Gasteiger partial charge on any atom is 0.226 e. The summed E-state index contributed by atoms with van der Waals surface area (Å²) in [5.41, 5.74) is 0.672. The normalized spacial score (nSPS) is 48.4. The van der Waals surface area contributed by atoms with Crippen molar-refractivity contribution in [2.45, 2.75) is 78.7 Å². The average Bonchev–Trinajstić information content (AvgIpc) is 2.07. The van der Waals surface area contributed by atoms with Gasteiger partial charge in [0.25, 0.3) is 0 Å². The molecule has 0 radical (unpaired) electrons. The van der Waals surface area contributed by atoms with Crippen LogP contribution in [0.2, 0.25) is 0 Å². The Hall–Kier alpha value is -0.530. The van der Waals surface area contributed by atoms with E-state index in [4.69, 9.17) is 0 Å². The Morgan fingerprint density at radius 2 is 1.53 bits per heavy atom. The molecule has 2 heteroatoms. The van der Waals surface area contributed by atoms with Gasteiger partial charge in [-0.3, -0.25) is 4.79 Å². The number of amides is 1. The zero-order valence-electron chi connectivity index (χ0n) is 13.2. The molecular weight excluding hydrogens is 234 g/mol. The fourth-order valence-electron chi connectivity index (χ4n) is 6.17. The van der Waals surface area contributed by atoms with Crippen molar-refractivity contribution >= 4 is 5.91 Å². The second kappa shape index (κ2) is 3.56. The number of hydrogen-bond donors (Lipinski definition) is 1. The molecule has 0 aromatic rings. The molecule has 2 nitrogen and oxygen atoms in total. The highest BCUT2D eigenvalue weighted by Crippen LogP contribution is 2.69. The molecule has 4 aliphatic rings. The Kier molecular flexibility index (Phi) is 2.52. The summed E-state index contributed by atoms with van der Waals surface area (Å²) < 4.78 is 0. The zero-order valence-corrected chi connectivity index (χ0v) is 13.2. The predicted octanol–water partition coefficient (Wildman–Crippen LogP) is 3.90. The molecule has 4 aliphatic carbocycles. The van der Waals surface area contributed by atoms with Crippen LogP contribution in [0.3, 0.4) is 0 Å². The van der Waals surface area contributed by atoms with E-state index in [1.807, 2.05) is 0 Å². The fraction of sp³-hybridized carbons (Fsp3) is 0.941. The van der Waals surface area contributed by atoms with Crippen molar-refractivity contribution < 1.29 is 4.79 Å². The lowest BCUT2D eigenvalue weighted by molar-refractivity contribution is -0.171. The summed E-state index contributed by atoms with van der Waals surface area (Å²) in [7, 11) is 0. The SMILES string of the molecule is CC(C)(C)NC(=O)C12CC3C[C@@](C)(C1)C[C@@](C)(C3)C2. The first kappa shape index (κ1) is 13.5. The summed E-state index contributed by atoms with van der Waals surface area (Å²) in [5.74, 6) is 1.12. The van der Waals surface area contributed by atoms with Gasteiger partial charge in [0.05, 0.1) is 5.41 Å². The summed E-state index contributed by atoms with van der Waals surface area (Å²) in [4.78, 5) is 12.9. The van der Waals surface area contributed by atoms with E-state index < -0.39 is 0 Å². The average molecular weight is 263 g/mol. The van der Waals surface area contributed by atoms with Crippen molar-refractivity contribution in [3.8, 4) is 0 Å². The van der Waals surface area contributed by atoms with Crippen molar-refractivity contribution in [3.63, 3.8) is 0 Å². The first-order chi connectivity index (χ1) is 8.53. The molecule has 0 unspecified atom stereocenters. The van der Waals surface area contributed by atoms with Crippen LogP contribution in [0.25, 0.3) is 0 Å². The highest BCUT2D eigenvalue weighted by atomic mass is 16.2. The zero-order chi connectivity index (χ0) is 14.1. The van der Waals surface area contributed by atoms with Crippen LogP contribution < -0.4 is 5.32 Å². The fourth-order valence-corrected chi connectivity index (χ4v) is 6.17.